The minimum absolute atomic E-state index is 0.109. The molecule has 4 rings (SSSR count). The maximum Gasteiger partial charge on any atom is 0.379 e. The number of carbonyl (C=O) groups is 5. The second-order valence-corrected chi connectivity index (χ2v) is 15.4. The number of nitrogens with zero attached hydrogens (tertiary/aromatic N) is 1. The van der Waals surface area contributed by atoms with Gasteiger partial charge < -0.3 is 59.4 Å². The van der Waals surface area contributed by atoms with Gasteiger partial charge in [-0.2, -0.15) is 0 Å². The second-order valence-electron chi connectivity index (χ2n) is 15.4. The van der Waals surface area contributed by atoms with Gasteiger partial charge in [0, 0.05) is 32.5 Å². The highest BCUT2D eigenvalue weighted by molar-refractivity contribution is 7.12. The van der Waals surface area contributed by atoms with Gasteiger partial charge in [-0.3, -0.25) is 9.59 Å². The molecule has 0 spiro atoms. The smallest absolute Gasteiger partial charge is 0.379 e. The van der Waals surface area contributed by atoms with Crippen molar-refractivity contribution in [3.63, 3.8) is 0 Å². The first-order chi connectivity index (χ1) is 28.4. The van der Waals surface area contributed by atoms with Gasteiger partial charge in [-0.25, -0.2) is 4.79 Å². The standard InChI is InChI=1S/C21H38BN3O9.C13H24N2O.C7H8.C2H6/c1-21(2,3)34-19(28)15-33-12-11-32-10-9-31-8-7-30-6-5-24-18(27)14-25-22-17(26)13-16(23-4)20(22)29;16-13(15-10-2-1-3-11-15)5-4-12-6-8-14-9-7-12;1-7-5-3-2-4-6-7;1-2/h16,23,25H,5-15H2,1-4H3,(H,24,27);12,14H,1-11H2;2-6H,1H3;1-2H3. The molecule has 3 aliphatic rings. The van der Waals surface area contributed by atoms with Crippen LogP contribution >= 0.6 is 0 Å². The van der Waals surface area contributed by atoms with Crippen LogP contribution in [0.1, 0.15) is 91.5 Å². The number of hydrogen-bond acceptors (Lipinski definition) is 13. The van der Waals surface area contributed by atoms with Crippen molar-refractivity contribution >= 4 is 36.0 Å². The summed E-state index contributed by atoms with van der Waals surface area (Å²) in [6.07, 6.45) is 8.26. The predicted octanol–water partition coefficient (Wildman–Crippen LogP) is 3.10. The number of rotatable bonds is 21. The Morgan fingerprint density at radius 2 is 1.42 bits per heavy atom. The first-order valence-corrected chi connectivity index (χ1v) is 21.7. The fourth-order valence-electron chi connectivity index (χ4n) is 6.28. The van der Waals surface area contributed by atoms with Crippen LogP contribution in [0.4, 0.5) is 0 Å². The van der Waals surface area contributed by atoms with Crippen LogP contribution in [0.2, 0.25) is 0 Å². The Kier molecular flexibility index (Phi) is 30.5. The summed E-state index contributed by atoms with van der Waals surface area (Å²) in [5.74, 6) is 0.459. The number of likely N-dealkylation sites (N-methyl/N-ethyl adjacent to an activating group) is 1. The van der Waals surface area contributed by atoms with Gasteiger partial charge in [0.25, 0.3) is 0 Å². The molecule has 3 heterocycles. The Balaban J connectivity index is 0.000000563. The van der Waals surface area contributed by atoms with E-state index in [1.807, 2.05) is 32.0 Å². The minimum atomic E-state index is -0.926. The summed E-state index contributed by atoms with van der Waals surface area (Å²) in [7, 11) is 1.62. The van der Waals surface area contributed by atoms with Crippen molar-refractivity contribution in [2.75, 3.05) is 99.2 Å². The molecule has 0 aliphatic carbocycles. The van der Waals surface area contributed by atoms with E-state index < -0.39 is 24.5 Å². The lowest BCUT2D eigenvalue weighted by Crippen LogP contribution is -2.50. The van der Waals surface area contributed by atoms with Crippen LogP contribution in [0.5, 0.6) is 0 Å². The van der Waals surface area contributed by atoms with E-state index in [-0.39, 0.29) is 43.5 Å². The van der Waals surface area contributed by atoms with E-state index in [4.69, 9.17) is 23.7 Å². The summed E-state index contributed by atoms with van der Waals surface area (Å²) in [5, 5.41) is 11.5. The van der Waals surface area contributed by atoms with Crippen molar-refractivity contribution in [3.05, 3.63) is 35.9 Å². The van der Waals surface area contributed by atoms with Crippen LogP contribution in [-0.2, 0) is 47.7 Å². The number of nitrogens with one attached hydrogen (secondary N) is 4. The second kappa shape index (κ2) is 33.5. The van der Waals surface area contributed by atoms with Crippen molar-refractivity contribution in [2.45, 2.75) is 105 Å². The summed E-state index contributed by atoms with van der Waals surface area (Å²) >= 11 is 0. The summed E-state index contributed by atoms with van der Waals surface area (Å²) < 4.78 is 26.3. The molecule has 3 aliphatic heterocycles. The number of hydrogen-bond donors (Lipinski definition) is 4. The van der Waals surface area contributed by atoms with Gasteiger partial charge in [0.05, 0.1) is 58.8 Å². The van der Waals surface area contributed by atoms with Gasteiger partial charge in [0.1, 0.15) is 23.6 Å². The van der Waals surface area contributed by atoms with Crippen LogP contribution in [0.15, 0.2) is 30.3 Å². The largest absolute Gasteiger partial charge is 0.458 e. The van der Waals surface area contributed by atoms with E-state index in [2.05, 4.69) is 45.1 Å². The number of benzene rings is 1. The molecule has 1 unspecified atom stereocenters. The zero-order valence-corrected chi connectivity index (χ0v) is 37.2. The van der Waals surface area contributed by atoms with Crippen LogP contribution in [0.3, 0.4) is 0 Å². The van der Waals surface area contributed by atoms with Gasteiger partial charge in [-0.1, -0.05) is 49.7 Å². The minimum Gasteiger partial charge on any atom is -0.458 e. The van der Waals surface area contributed by atoms with Crippen molar-refractivity contribution in [1.82, 2.24) is 26.1 Å². The average molecular weight is 834 g/mol. The fourth-order valence-corrected chi connectivity index (χ4v) is 6.28. The summed E-state index contributed by atoms with van der Waals surface area (Å²) in [4.78, 5) is 61.1. The molecule has 2 amide bonds. The summed E-state index contributed by atoms with van der Waals surface area (Å²) in [5.41, 5.74) is 0.348. The quantitative estimate of drug-likeness (QED) is 0.0807. The first kappa shape index (κ1) is 53.8. The van der Waals surface area contributed by atoms with Crippen LogP contribution in [0, 0.1) is 12.8 Å². The molecule has 1 aromatic rings. The molecular formula is C43H76BN5O10. The third-order valence-corrected chi connectivity index (χ3v) is 9.37. The van der Waals surface area contributed by atoms with Crippen molar-refractivity contribution in [2.24, 2.45) is 5.92 Å². The van der Waals surface area contributed by atoms with Crippen LogP contribution in [0.25, 0.3) is 0 Å². The Bertz CT molecular complexity index is 1290. The molecule has 4 N–H and O–H groups in total. The lowest BCUT2D eigenvalue weighted by molar-refractivity contribution is -0.160. The lowest BCUT2D eigenvalue weighted by Gasteiger charge is -2.28. The molecule has 1 aromatic carbocycles. The number of carbonyl (C=O) groups excluding carboxylic acids is 5. The summed E-state index contributed by atoms with van der Waals surface area (Å²) in [6.45, 7) is 17.4. The number of piperidine rings is 2. The number of ether oxygens (including phenoxy) is 5. The van der Waals surface area contributed by atoms with E-state index in [1.165, 1.54) is 37.7 Å². The molecule has 0 bridgehead atoms. The monoisotopic (exact) mass is 834 g/mol. The third kappa shape index (κ3) is 27.3. The van der Waals surface area contributed by atoms with E-state index in [0.29, 0.717) is 52.1 Å². The highest BCUT2D eigenvalue weighted by atomic mass is 16.6. The van der Waals surface area contributed by atoms with Crippen LogP contribution < -0.4 is 21.2 Å². The zero-order valence-electron chi connectivity index (χ0n) is 37.2. The molecular weight excluding hydrogens is 757 g/mol. The molecule has 1 atom stereocenters. The number of esters is 1. The normalized spacial score (nSPS) is 16.8. The zero-order chi connectivity index (χ0) is 43.7. The average Bonchev–Trinajstić information content (AvgIpc) is 3.51. The Labute approximate surface area is 354 Å². The van der Waals surface area contributed by atoms with Crippen molar-refractivity contribution in [3.8, 4) is 0 Å². The van der Waals surface area contributed by atoms with E-state index in [9.17, 15) is 24.0 Å². The maximum atomic E-state index is 12.0. The molecule has 15 nitrogen and oxygen atoms in total. The molecule has 0 radical (unpaired) electrons. The molecule has 59 heavy (non-hydrogen) atoms. The van der Waals surface area contributed by atoms with Gasteiger partial charge in [-0.15, -0.1) is 0 Å². The predicted molar refractivity (Wildman–Crippen MR) is 231 cm³/mol. The van der Waals surface area contributed by atoms with Gasteiger partial charge in [0.15, 0.2) is 0 Å². The summed E-state index contributed by atoms with van der Waals surface area (Å²) in [6, 6.07) is 9.78. The van der Waals surface area contributed by atoms with Gasteiger partial charge in [-0.05, 0) is 92.3 Å². The van der Waals surface area contributed by atoms with E-state index >= 15 is 0 Å². The topological polar surface area (TPSA) is 183 Å². The Hall–Kier alpha value is -3.25. The number of amides is 2. The molecule has 0 saturated carbocycles. The van der Waals surface area contributed by atoms with E-state index in [1.54, 1.807) is 27.8 Å². The first-order valence-electron chi connectivity index (χ1n) is 21.7. The number of likely N-dealkylation sites (tertiary alicyclic amines) is 1. The molecule has 16 heteroatoms. The SMILES string of the molecule is CC.CNC1CC(=O)B(NCC(=O)NCCOCCOCCOCCOCC(=O)OC(C)(C)C)C1=O.Cc1ccccc1.O=C(CCC1CCNCC1)N1CCCCC1. The number of aryl methyl sites for hydroxylation is 1. The third-order valence-electron chi connectivity index (χ3n) is 9.37. The lowest BCUT2D eigenvalue weighted by atomic mass is 9.58. The van der Waals surface area contributed by atoms with Crippen molar-refractivity contribution < 1.29 is 47.7 Å². The Morgan fingerprint density at radius 1 is 0.847 bits per heavy atom. The van der Waals surface area contributed by atoms with Gasteiger partial charge in [0.2, 0.25) is 11.8 Å². The molecule has 0 aromatic heterocycles. The Morgan fingerprint density at radius 3 is 1.95 bits per heavy atom. The molecule has 336 valence electrons. The highest BCUT2D eigenvalue weighted by Gasteiger charge is 2.44. The van der Waals surface area contributed by atoms with Crippen LogP contribution in [-0.4, -0.2) is 152 Å². The van der Waals surface area contributed by atoms with Gasteiger partial charge >= 0.3 is 12.8 Å². The molecule has 3 saturated heterocycles. The highest BCUT2D eigenvalue weighted by Crippen LogP contribution is 2.19. The maximum absolute atomic E-state index is 12.0. The molecule has 3 fully saturated rings. The fraction of sp³-hybridized carbons (Fsp3) is 0.744. The van der Waals surface area contributed by atoms with E-state index in [0.717, 1.165) is 44.9 Å². The van der Waals surface area contributed by atoms with Crippen molar-refractivity contribution in [1.29, 1.82) is 0 Å².